The van der Waals surface area contributed by atoms with E-state index in [0.717, 1.165) is 0 Å². The second-order valence-electron chi connectivity index (χ2n) is 4.03. The number of hydrogen-bond acceptors (Lipinski definition) is 4. The minimum absolute atomic E-state index is 0.192. The van der Waals surface area contributed by atoms with Crippen LogP contribution in [0.2, 0.25) is 0 Å². The molecule has 0 saturated heterocycles. The minimum Gasteiger partial charge on any atom is -0.495 e. The maximum Gasteiger partial charge on any atom is 0.291 e. The number of amides is 2. The monoisotopic (exact) mass is 274 g/mol. The number of benzene rings is 1. The molecule has 0 aliphatic heterocycles. The van der Waals surface area contributed by atoms with Gasteiger partial charge in [-0.05, 0) is 30.3 Å². The second kappa shape index (κ2) is 5.92. The lowest BCUT2D eigenvalue weighted by Crippen LogP contribution is -2.12. The Kier molecular flexibility index (Phi) is 4.05. The third kappa shape index (κ3) is 3.17. The van der Waals surface area contributed by atoms with Crippen LogP contribution in [0.5, 0.6) is 5.75 Å². The molecule has 0 fully saturated rings. The SMILES string of the molecule is COc1ccc(NC(C)=O)cc1NC(=O)c1ccco1. The average molecular weight is 274 g/mol. The summed E-state index contributed by atoms with van der Waals surface area (Å²) in [5.41, 5.74) is 1.01. The Morgan fingerprint density at radius 3 is 2.60 bits per heavy atom. The van der Waals surface area contributed by atoms with Crippen LogP contribution in [0.1, 0.15) is 17.5 Å². The standard InChI is InChI=1S/C14H14N2O4/c1-9(17)15-10-5-6-12(19-2)11(8-10)16-14(18)13-4-3-7-20-13/h3-8H,1-2H3,(H,15,17)(H,16,18). The lowest BCUT2D eigenvalue weighted by atomic mass is 10.2. The molecule has 1 aromatic carbocycles. The number of rotatable bonds is 4. The van der Waals surface area contributed by atoms with Crippen LogP contribution in [0, 0.1) is 0 Å². The Morgan fingerprint density at radius 1 is 1.20 bits per heavy atom. The third-order valence-corrected chi connectivity index (χ3v) is 2.51. The largest absolute Gasteiger partial charge is 0.495 e. The second-order valence-corrected chi connectivity index (χ2v) is 4.03. The van der Waals surface area contributed by atoms with Crippen LogP contribution >= 0.6 is 0 Å². The Balaban J connectivity index is 2.24. The molecule has 2 N–H and O–H groups in total. The summed E-state index contributed by atoms with van der Waals surface area (Å²) in [7, 11) is 1.50. The van der Waals surface area contributed by atoms with Crippen LogP contribution < -0.4 is 15.4 Å². The van der Waals surface area contributed by atoms with Crippen molar-refractivity contribution < 1.29 is 18.7 Å². The fourth-order valence-corrected chi connectivity index (χ4v) is 1.68. The summed E-state index contributed by atoms with van der Waals surface area (Å²) < 4.78 is 10.2. The van der Waals surface area contributed by atoms with Crippen LogP contribution in [0.4, 0.5) is 11.4 Å². The molecular formula is C14H14N2O4. The van der Waals surface area contributed by atoms with Crippen molar-refractivity contribution in [3.8, 4) is 5.75 Å². The molecule has 0 radical (unpaired) electrons. The molecule has 0 unspecified atom stereocenters. The quantitative estimate of drug-likeness (QED) is 0.897. The van der Waals surface area contributed by atoms with Gasteiger partial charge in [0.15, 0.2) is 5.76 Å². The Bertz CT molecular complexity index is 620. The van der Waals surface area contributed by atoms with E-state index in [4.69, 9.17) is 9.15 Å². The van der Waals surface area contributed by atoms with E-state index in [1.165, 1.54) is 20.3 Å². The summed E-state index contributed by atoms with van der Waals surface area (Å²) in [4.78, 5) is 23.0. The van der Waals surface area contributed by atoms with Crippen LogP contribution in [0.3, 0.4) is 0 Å². The zero-order valence-corrected chi connectivity index (χ0v) is 11.1. The molecule has 20 heavy (non-hydrogen) atoms. The molecule has 1 heterocycles. The summed E-state index contributed by atoms with van der Waals surface area (Å²) in [6, 6.07) is 8.13. The predicted molar refractivity (Wildman–Crippen MR) is 74.0 cm³/mol. The minimum atomic E-state index is -0.395. The van der Waals surface area contributed by atoms with Crippen molar-refractivity contribution in [2.45, 2.75) is 6.92 Å². The molecule has 0 aliphatic carbocycles. The van der Waals surface area contributed by atoms with Gasteiger partial charge in [0.25, 0.3) is 5.91 Å². The Morgan fingerprint density at radius 2 is 2.00 bits per heavy atom. The van der Waals surface area contributed by atoms with Gasteiger partial charge in [0.05, 0.1) is 19.1 Å². The lowest BCUT2D eigenvalue weighted by Gasteiger charge is -2.11. The van der Waals surface area contributed by atoms with E-state index in [2.05, 4.69) is 10.6 Å². The normalized spacial score (nSPS) is 9.90. The number of methoxy groups -OCH3 is 1. The third-order valence-electron chi connectivity index (χ3n) is 2.51. The van der Waals surface area contributed by atoms with Gasteiger partial charge in [-0.2, -0.15) is 0 Å². The highest BCUT2D eigenvalue weighted by molar-refractivity contribution is 6.03. The predicted octanol–water partition coefficient (Wildman–Crippen LogP) is 2.50. The summed E-state index contributed by atoms with van der Waals surface area (Å²) in [5.74, 6) is 0.0859. The summed E-state index contributed by atoms with van der Waals surface area (Å²) in [6.45, 7) is 1.41. The van der Waals surface area contributed by atoms with Crippen molar-refractivity contribution in [3.63, 3.8) is 0 Å². The van der Waals surface area contributed by atoms with E-state index in [0.29, 0.717) is 17.1 Å². The number of hydrogen-bond donors (Lipinski definition) is 2. The van der Waals surface area contributed by atoms with E-state index >= 15 is 0 Å². The molecular weight excluding hydrogens is 260 g/mol. The Hall–Kier alpha value is -2.76. The van der Waals surface area contributed by atoms with Crippen molar-refractivity contribution in [1.29, 1.82) is 0 Å². The first-order valence-corrected chi connectivity index (χ1v) is 5.90. The highest BCUT2D eigenvalue weighted by atomic mass is 16.5. The molecule has 0 saturated carbocycles. The van der Waals surface area contributed by atoms with Gasteiger partial charge in [-0.3, -0.25) is 9.59 Å². The molecule has 0 aliphatic rings. The van der Waals surface area contributed by atoms with E-state index in [1.54, 1.807) is 30.3 Å². The number of nitrogens with one attached hydrogen (secondary N) is 2. The molecule has 2 rings (SSSR count). The average Bonchev–Trinajstić information content (AvgIpc) is 2.92. The van der Waals surface area contributed by atoms with Crippen molar-refractivity contribution in [2.24, 2.45) is 0 Å². The van der Waals surface area contributed by atoms with Crippen molar-refractivity contribution in [1.82, 2.24) is 0 Å². The van der Waals surface area contributed by atoms with Crippen LogP contribution in [0.15, 0.2) is 41.0 Å². The molecule has 0 spiro atoms. The maximum atomic E-state index is 11.9. The number of ether oxygens (including phenoxy) is 1. The zero-order valence-electron chi connectivity index (χ0n) is 11.1. The van der Waals surface area contributed by atoms with E-state index in [-0.39, 0.29) is 11.7 Å². The highest BCUT2D eigenvalue weighted by Crippen LogP contribution is 2.28. The molecule has 2 amide bonds. The van der Waals surface area contributed by atoms with E-state index in [9.17, 15) is 9.59 Å². The van der Waals surface area contributed by atoms with E-state index in [1.807, 2.05) is 0 Å². The molecule has 6 nitrogen and oxygen atoms in total. The van der Waals surface area contributed by atoms with Crippen LogP contribution in [-0.4, -0.2) is 18.9 Å². The molecule has 104 valence electrons. The molecule has 2 aromatic rings. The number of furan rings is 1. The first-order chi connectivity index (χ1) is 9.60. The fraction of sp³-hybridized carbons (Fsp3) is 0.143. The first kappa shape index (κ1) is 13.7. The summed E-state index contributed by atoms with van der Waals surface area (Å²) in [5, 5.41) is 5.30. The zero-order chi connectivity index (χ0) is 14.5. The highest BCUT2D eigenvalue weighted by Gasteiger charge is 2.12. The summed E-state index contributed by atoms with van der Waals surface area (Å²) >= 11 is 0. The van der Waals surface area contributed by atoms with Crippen LogP contribution in [0.25, 0.3) is 0 Å². The first-order valence-electron chi connectivity index (χ1n) is 5.90. The van der Waals surface area contributed by atoms with Gasteiger partial charge in [-0.1, -0.05) is 0 Å². The van der Waals surface area contributed by atoms with E-state index < -0.39 is 5.91 Å². The van der Waals surface area contributed by atoms with Gasteiger partial charge in [0.1, 0.15) is 5.75 Å². The molecule has 6 heteroatoms. The van der Waals surface area contributed by atoms with Gasteiger partial charge in [-0.15, -0.1) is 0 Å². The molecule has 0 bridgehead atoms. The van der Waals surface area contributed by atoms with Crippen LogP contribution in [-0.2, 0) is 4.79 Å². The summed E-state index contributed by atoms with van der Waals surface area (Å²) in [6.07, 6.45) is 1.42. The number of carbonyl (C=O) groups is 2. The number of carbonyl (C=O) groups excluding carboxylic acids is 2. The smallest absolute Gasteiger partial charge is 0.291 e. The molecule has 1 aromatic heterocycles. The van der Waals surface area contributed by atoms with Gasteiger partial charge < -0.3 is 19.8 Å². The Labute approximate surface area is 115 Å². The van der Waals surface area contributed by atoms with Gasteiger partial charge >= 0.3 is 0 Å². The van der Waals surface area contributed by atoms with Gasteiger partial charge in [0.2, 0.25) is 5.91 Å². The van der Waals surface area contributed by atoms with Crippen molar-refractivity contribution in [3.05, 3.63) is 42.4 Å². The van der Waals surface area contributed by atoms with Crippen molar-refractivity contribution >= 4 is 23.2 Å². The fourth-order valence-electron chi connectivity index (χ4n) is 1.68. The maximum absolute atomic E-state index is 11.9. The number of anilines is 2. The van der Waals surface area contributed by atoms with Gasteiger partial charge in [0, 0.05) is 12.6 Å². The van der Waals surface area contributed by atoms with Crippen molar-refractivity contribution in [2.75, 3.05) is 17.7 Å². The molecule has 0 atom stereocenters. The lowest BCUT2D eigenvalue weighted by molar-refractivity contribution is -0.114. The van der Waals surface area contributed by atoms with Gasteiger partial charge in [-0.25, -0.2) is 0 Å². The topological polar surface area (TPSA) is 80.6 Å².